The minimum Gasteiger partial charge on any atom is -0.364 e. The van der Waals surface area contributed by atoms with Gasteiger partial charge in [0.05, 0.1) is 16.4 Å². The maximum Gasteiger partial charge on any atom is 0.228 e. The van der Waals surface area contributed by atoms with E-state index in [-0.39, 0.29) is 0 Å². The third-order valence-corrected chi connectivity index (χ3v) is 7.54. The van der Waals surface area contributed by atoms with Gasteiger partial charge in [-0.15, -0.1) is 11.3 Å². The summed E-state index contributed by atoms with van der Waals surface area (Å²) < 4.78 is 6.06. The number of nitrogens with one attached hydrogen (secondary N) is 2. The summed E-state index contributed by atoms with van der Waals surface area (Å²) in [7, 11) is 0. The molecule has 10 heteroatoms. The minimum atomic E-state index is 0.431. The third kappa shape index (κ3) is 3.09. The van der Waals surface area contributed by atoms with Gasteiger partial charge in [0.15, 0.2) is 11.6 Å². The lowest BCUT2D eigenvalue weighted by molar-refractivity contribution is 0.229. The van der Waals surface area contributed by atoms with E-state index in [4.69, 9.17) is 14.5 Å². The Hall–Kier alpha value is -2.98. The molecule has 2 atom stereocenters. The van der Waals surface area contributed by atoms with Gasteiger partial charge in [0, 0.05) is 55.0 Å². The summed E-state index contributed by atoms with van der Waals surface area (Å²) in [4.78, 5) is 14.7. The number of thiophene rings is 1. The van der Waals surface area contributed by atoms with Crippen molar-refractivity contribution in [2.75, 3.05) is 23.3 Å². The molecule has 6 heterocycles. The minimum absolute atomic E-state index is 0.431. The first-order valence-electron chi connectivity index (χ1n) is 10.8. The van der Waals surface area contributed by atoms with Gasteiger partial charge in [0.1, 0.15) is 6.26 Å². The number of H-pyrrole nitrogens is 1. The Balaban J connectivity index is 1.14. The van der Waals surface area contributed by atoms with Crippen LogP contribution in [-0.4, -0.2) is 55.4 Å². The standard InChI is InChI=1S/C21H22N8OS/c1-2-13(1)17-6-18(27-26-17)24-20-19-16(3-4-31-19)23-21(25-20)29-10-14-5-15(29)9-28(14)8-12-7-22-30-11-12/h3-4,6-7,11,13-15H,1-2,5,8-10H2,(H2,23,24,25,26,27)/t14-,15+/m1/s1. The molecule has 9 nitrogen and oxygen atoms in total. The summed E-state index contributed by atoms with van der Waals surface area (Å²) in [5.74, 6) is 3.12. The van der Waals surface area contributed by atoms with E-state index in [1.165, 1.54) is 18.5 Å². The fourth-order valence-electron chi connectivity index (χ4n) is 4.92. The highest BCUT2D eigenvalue weighted by molar-refractivity contribution is 7.17. The van der Waals surface area contributed by atoms with Crippen molar-refractivity contribution in [3.05, 3.63) is 41.2 Å². The smallest absolute Gasteiger partial charge is 0.228 e. The van der Waals surface area contributed by atoms with Gasteiger partial charge < -0.3 is 14.7 Å². The van der Waals surface area contributed by atoms with Crippen LogP contribution in [0.15, 0.2) is 34.5 Å². The van der Waals surface area contributed by atoms with Gasteiger partial charge in [-0.1, -0.05) is 5.16 Å². The summed E-state index contributed by atoms with van der Waals surface area (Å²) in [5.41, 5.74) is 3.33. The molecule has 3 fully saturated rings. The molecular weight excluding hydrogens is 412 g/mol. The second kappa shape index (κ2) is 6.76. The zero-order valence-electron chi connectivity index (χ0n) is 16.9. The molecule has 0 aromatic carbocycles. The molecule has 3 aliphatic rings. The summed E-state index contributed by atoms with van der Waals surface area (Å²) in [5, 5.41) is 17.0. The maximum absolute atomic E-state index is 4.99. The van der Waals surface area contributed by atoms with Crippen molar-refractivity contribution >= 4 is 39.1 Å². The van der Waals surface area contributed by atoms with Crippen LogP contribution in [0.5, 0.6) is 0 Å². The number of nitrogens with zero attached hydrogens (tertiary/aromatic N) is 6. The molecule has 2 N–H and O–H groups in total. The number of anilines is 3. The lowest BCUT2D eigenvalue weighted by Gasteiger charge is -2.34. The highest BCUT2D eigenvalue weighted by Crippen LogP contribution is 2.40. The number of hydrogen-bond acceptors (Lipinski definition) is 9. The molecule has 4 aromatic heterocycles. The number of hydrogen-bond donors (Lipinski definition) is 2. The van der Waals surface area contributed by atoms with Crippen LogP contribution < -0.4 is 10.2 Å². The molecule has 158 valence electrons. The first-order chi connectivity index (χ1) is 15.3. The number of rotatable bonds is 6. The van der Waals surface area contributed by atoms with Crippen molar-refractivity contribution < 1.29 is 4.52 Å². The van der Waals surface area contributed by atoms with E-state index < -0.39 is 0 Å². The second-order valence-electron chi connectivity index (χ2n) is 8.77. The zero-order chi connectivity index (χ0) is 20.4. The topological polar surface area (TPSA) is 99.0 Å². The molecule has 4 aromatic rings. The molecule has 0 unspecified atom stereocenters. The summed E-state index contributed by atoms with van der Waals surface area (Å²) in [6, 6.07) is 5.12. The quantitative estimate of drug-likeness (QED) is 0.476. The van der Waals surface area contributed by atoms with Crippen LogP contribution in [0.3, 0.4) is 0 Å². The summed E-state index contributed by atoms with van der Waals surface area (Å²) in [6.07, 6.45) is 7.18. The molecule has 1 aliphatic carbocycles. The van der Waals surface area contributed by atoms with Gasteiger partial charge >= 0.3 is 0 Å². The predicted molar refractivity (Wildman–Crippen MR) is 118 cm³/mol. The van der Waals surface area contributed by atoms with Gasteiger partial charge in [0.2, 0.25) is 5.95 Å². The van der Waals surface area contributed by atoms with Crippen LogP contribution in [0.25, 0.3) is 10.2 Å². The van der Waals surface area contributed by atoms with Gasteiger partial charge in [-0.25, -0.2) is 4.98 Å². The normalized spacial score (nSPS) is 23.3. The monoisotopic (exact) mass is 434 g/mol. The van der Waals surface area contributed by atoms with Crippen molar-refractivity contribution in [2.45, 2.75) is 43.8 Å². The van der Waals surface area contributed by atoms with E-state index >= 15 is 0 Å². The van der Waals surface area contributed by atoms with Gasteiger partial charge in [-0.05, 0) is 30.7 Å². The average Bonchev–Trinajstić information content (AvgIpc) is 3.32. The van der Waals surface area contributed by atoms with Gasteiger partial charge in [-0.3, -0.25) is 10.00 Å². The molecule has 2 bridgehead atoms. The molecule has 7 rings (SSSR count). The van der Waals surface area contributed by atoms with Gasteiger partial charge in [-0.2, -0.15) is 10.1 Å². The van der Waals surface area contributed by atoms with E-state index in [1.807, 2.05) is 0 Å². The summed E-state index contributed by atoms with van der Waals surface area (Å²) >= 11 is 1.66. The largest absolute Gasteiger partial charge is 0.364 e. The van der Waals surface area contributed by atoms with Crippen LogP contribution in [0.2, 0.25) is 0 Å². The first-order valence-corrected chi connectivity index (χ1v) is 11.6. The van der Waals surface area contributed by atoms with E-state index in [0.717, 1.165) is 59.4 Å². The zero-order valence-corrected chi connectivity index (χ0v) is 17.7. The van der Waals surface area contributed by atoms with E-state index in [2.05, 4.69) is 48.0 Å². The van der Waals surface area contributed by atoms with E-state index in [0.29, 0.717) is 18.0 Å². The van der Waals surface area contributed by atoms with Crippen LogP contribution >= 0.6 is 11.3 Å². The van der Waals surface area contributed by atoms with Crippen LogP contribution in [0, 0.1) is 0 Å². The lowest BCUT2D eigenvalue weighted by Crippen LogP contribution is -2.46. The van der Waals surface area contributed by atoms with E-state index in [9.17, 15) is 0 Å². The van der Waals surface area contributed by atoms with Gasteiger partial charge in [0.25, 0.3) is 0 Å². The molecule has 2 saturated heterocycles. The van der Waals surface area contributed by atoms with Crippen LogP contribution in [0.1, 0.15) is 36.4 Å². The fraction of sp³-hybridized carbons (Fsp3) is 0.429. The second-order valence-corrected chi connectivity index (χ2v) is 9.69. The summed E-state index contributed by atoms with van der Waals surface area (Å²) in [6.45, 7) is 2.84. The Bertz CT molecular complexity index is 1230. The number of aromatic amines is 1. The maximum atomic E-state index is 4.99. The van der Waals surface area contributed by atoms with Crippen LogP contribution in [-0.2, 0) is 6.54 Å². The Labute approximate surface area is 182 Å². The molecular formula is C21H22N8OS. The highest BCUT2D eigenvalue weighted by atomic mass is 32.1. The Morgan fingerprint density at radius 1 is 1.23 bits per heavy atom. The van der Waals surface area contributed by atoms with Crippen molar-refractivity contribution in [3.8, 4) is 0 Å². The number of piperazine rings is 1. The van der Waals surface area contributed by atoms with Crippen LogP contribution in [0.4, 0.5) is 17.6 Å². The SMILES string of the molecule is c1cc2nc(N3C[C@H]4C[C@H]3CN4Cc3cnoc3)nc(Nc3cc(C4CC4)[nH]n3)c2s1. The third-order valence-electron chi connectivity index (χ3n) is 6.63. The molecule has 2 aliphatic heterocycles. The Morgan fingerprint density at radius 2 is 2.19 bits per heavy atom. The molecule has 0 radical (unpaired) electrons. The van der Waals surface area contributed by atoms with E-state index in [1.54, 1.807) is 23.8 Å². The fourth-order valence-corrected chi connectivity index (χ4v) is 5.69. The number of likely N-dealkylation sites (tertiary alicyclic amines) is 1. The number of aromatic nitrogens is 5. The van der Waals surface area contributed by atoms with Crippen molar-refractivity contribution in [3.63, 3.8) is 0 Å². The van der Waals surface area contributed by atoms with Crippen molar-refractivity contribution in [1.29, 1.82) is 0 Å². The highest BCUT2D eigenvalue weighted by Gasteiger charge is 2.44. The Kier molecular flexibility index (Phi) is 3.85. The molecule has 0 spiro atoms. The average molecular weight is 435 g/mol. The molecule has 0 amide bonds. The van der Waals surface area contributed by atoms with Crippen molar-refractivity contribution in [1.82, 2.24) is 30.2 Å². The predicted octanol–water partition coefficient (Wildman–Crippen LogP) is 3.49. The molecule has 1 saturated carbocycles. The molecule has 31 heavy (non-hydrogen) atoms. The van der Waals surface area contributed by atoms with Crippen molar-refractivity contribution in [2.24, 2.45) is 0 Å². The Morgan fingerprint density at radius 3 is 3.00 bits per heavy atom. The number of fused-ring (bicyclic) bond motifs is 3. The first kappa shape index (κ1) is 17.7. The lowest BCUT2D eigenvalue weighted by atomic mass is 10.2.